The van der Waals surface area contributed by atoms with E-state index in [1.54, 1.807) is 24.4 Å². The molecule has 3 aromatic rings. The van der Waals surface area contributed by atoms with Crippen LogP contribution in [0.3, 0.4) is 0 Å². The van der Waals surface area contributed by atoms with Crippen molar-refractivity contribution in [1.82, 2.24) is 24.1 Å². The third-order valence-electron chi connectivity index (χ3n) is 6.44. The third-order valence-corrected chi connectivity index (χ3v) is 7.87. The lowest BCUT2D eigenvalue weighted by atomic mass is 9.79. The molecule has 0 N–H and O–H groups in total. The molecule has 0 radical (unpaired) electrons. The van der Waals surface area contributed by atoms with E-state index in [-0.39, 0.29) is 30.7 Å². The molecule has 168 valence electrons. The lowest BCUT2D eigenvalue weighted by Crippen LogP contribution is -2.28. The van der Waals surface area contributed by atoms with Crippen LogP contribution >= 0.6 is 11.6 Å². The SMILES string of the molecule is CS(=O)(=O)N1Cc2cc(Cl)ccc2-n2c(nnc2[C@H]2CC[C@H](c3ncccc3F)CC2)C1. The van der Waals surface area contributed by atoms with Gasteiger partial charge in [0.1, 0.15) is 11.6 Å². The first-order valence-electron chi connectivity index (χ1n) is 10.6. The van der Waals surface area contributed by atoms with Crippen molar-refractivity contribution in [1.29, 1.82) is 0 Å². The van der Waals surface area contributed by atoms with E-state index in [1.807, 2.05) is 10.6 Å². The van der Waals surface area contributed by atoms with Crippen LogP contribution in [-0.4, -0.2) is 38.7 Å². The van der Waals surface area contributed by atoms with Crippen molar-refractivity contribution >= 4 is 21.6 Å². The molecule has 1 aliphatic heterocycles. The van der Waals surface area contributed by atoms with Crippen LogP contribution in [0.25, 0.3) is 5.69 Å². The Kier molecular flexibility index (Phi) is 5.51. The Hall–Kier alpha value is -2.36. The number of aromatic nitrogens is 4. The molecule has 1 aliphatic carbocycles. The molecule has 3 heterocycles. The standard InChI is InChI=1S/C22H23ClFN5O2S/c1-32(30,31)28-12-16-11-17(23)8-9-19(16)29-20(13-28)26-27-22(29)15-6-4-14(5-7-15)21-18(24)3-2-10-25-21/h2-3,8-11,14-15H,4-7,12-13H2,1H3/t14-,15-. The Morgan fingerprint density at radius 3 is 2.53 bits per heavy atom. The molecule has 0 spiro atoms. The molecule has 1 aromatic carbocycles. The predicted octanol–water partition coefficient (Wildman–Crippen LogP) is 4.17. The molecule has 0 bridgehead atoms. The maximum atomic E-state index is 14.2. The minimum absolute atomic E-state index is 0.0887. The lowest BCUT2D eigenvalue weighted by molar-refractivity contribution is 0.368. The Balaban J connectivity index is 1.48. The number of hydrogen-bond acceptors (Lipinski definition) is 5. The Morgan fingerprint density at radius 1 is 1.06 bits per heavy atom. The smallest absolute Gasteiger partial charge is 0.211 e. The van der Waals surface area contributed by atoms with Crippen LogP contribution in [0.4, 0.5) is 4.39 Å². The summed E-state index contributed by atoms with van der Waals surface area (Å²) in [5.74, 6) is 1.39. The average molecular weight is 476 g/mol. The molecule has 0 unspecified atom stereocenters. The summed E-state index contributed by atoms with van der Waals surface area (Å²) in [6, 6.07) is 8.57. The molecular weight excluding hydrogens is 453 g/mol. The van der Waals surface area contributed by atoms with Crippen molar-refractivity contribution in [3.05, 3.63) is 70.3 Å². The van der Waals surface area contributed by atoms with Crippen LogP contribution < -0.4 is 0 Å². The van der Waals surface area contributed by atoms with Gasteiger partial charge in [0, 0.05) is 29.6 Å². The molecule has 1 saturated carbocycles. The highest BCUT2D eigenvalue weighted by Gasteiger charge is 2.33. The van der Waals surface area contributed by atoms with Gasteiger partial charge in [-0.1, -0.05) is 11.6 Å². The largest absolute Gasteiger partial charge is 0.281 e. The maximum absolute atomic E-state index is 14.2. The van der Waals surface area contributed by atoms with Crippen LogP contribution in [-0.2, 0) is 23.1 Å². The van der Waals surface area contributed by atoms with E-state index in [9.17, 15) is 12.8 Å². The zero-order valence-electron chi connectivity index (χ0n) is 17.6. The fourth-order valence-electron chi connectivity index (χ4n) is 4.82. The number of rotatable bonds is 3. The summed E-state index contributed by atoms with van der Waals surface area (Å²) in [6.45, 7) is 0.371. The second kappa shape index (κ2) is 8.20. The maximum Gasteiger partial charge on any atom is 0.211 e. The molecule has 0 saturated heterocycles. The van der Waals surface area contributed by atoms with E-state index >= 15 is 0 Å². The average Bonchev–Trinajstić information content (AvgIpc) is 3.09. The van der Waals surface area contributed by atoms with Crippen LogP contribution in [0.15, 0.2) is 36.5 Å². The van der Waals surface area contributed by atoms with E-state index in [2.05, 4.69) is 15.2 Å². The number of benzene rings is 1. The zero-order chi connectivity index (χ0) is 22.5. The molecule has 2 aromatic heterocycles. The Morgan fingerprint density at radius 2 is 1.81 bits per heavy atom. The summed E-state index contributed by atoms with van der Waals surface area (Å²) in [7, 11) is -3.44. The number of pyridine rings is 1. The van der Waals surface area contributed by atoms with Gasteiger partial charge in [0.05, 0.1) is 24.2 Å². The molecular formula is C22H23ClFN5O2S. The molecule has 1 fully saturated rings. The van der Waals surface area contributed by atoms with Crippen molar-refractivity contribution in [2.45, 2.75) is 50.6 Å². The van der Waals surface area contributed by atoms with E-state index in [1.165, 1.54) is 16.6 Å². The zero-order valence-corrected chi connectivity index (χ0v) is 19.2. The summed E-state index contributed by atoms with van der Waals surface area (Å²) in [4.78, 5) is 4.26. The van der Waals surface area contributed by atoms with Crippen molar-refractivity contribution in [3.8, 4) is 5.69 Å². The van der Waals surface area contributed by atoms with Gasteiger partial charge in [-0.2, -0.15) is 4.31 Å². The lowest BCUT2D eigenvalue weighted by Gasteiger charge is -2.28. The first kappa shape index (κ1) is 21.5. The Labute approximate surface area is 191 Å². The van der Waals surface area contributed by atoms with E-state index < -0.39 is 10.0 Å². The second-order valence-corrected chi connectivity index (χ2v) is 11.0. The highest BCUT2D eigenvalue weighted by atomic mass is 35.5. The van der Waals surface area contributed by atoms with Gasteiger partial charge in [-0.05, 0) is 61.6 Å². The van der Waals surface area contributed by atoms with Gasteiger partial charge in [0.15, 0.2) is 5.82 Å². The summed E-state index contributed by atoms with van der Waals surface area (Å²) < 4.78 is 42.3. The Bertz CT molecular complexity index is 1270. The third kappa shape index (κ3) is 3.93. The summed E-state index contributed by atoms with van der Waals surface area (Å²) >= 11 is 6.22. The van der Waals surface area contributed by atoms with Gasteiger partial charge < -0.3 is 0 Å². The van der Waals surface area contributed by atoms with Crippen molar-refractivity contribution in [3.63, 3.8) is 0 Å². The topological polar surface area (TPSA) is 81.0 Å². The van der Waals surface area contributed by atoms with Gasteiger partial charge in [0.2, 0.25) is 10.0 Å². The molecule has 5 rings (SSSR count). The molecule has 0 amide bonds. The molecule has 0 atom stereocenters. The summed E-state index contributed by atoms with van der Waals surface area (Å²) in [6.07, 6.45) is 6.11. The predicted molar refractivity (Wildman–Crippen MR) is 119 cm³/mol. The monoisotopic (exact) mass is 475 g/mol. The van der Waals surface area contributed by atoms with Crippen LogP contribution in [0, 0.1) is 5.82 Å². The second-order valence-electron chi connectivity index (χ2n) is 8.53. The van der Waals surface area contributed by atoms with Gasteiger partial charge in [0.25, 0.3) is 0 Å². The number of fused-ring (bicyclic) bond motifs is 3. The van der Waals surface area contributed by atoms with Crippen LogP contribution in [0.5, 0.6) is 0 Å². The minimum Gasteiger partial charge on any atom is -0.281 e. The first-order chi connectivity index (χ1) is 15.3. The van der Waals surface area contributed by atoms with Crippen molar-refractivity contribution in [2.75, 3.05) is 6.26 Å². The molecule has 7 nitrogen and oxygen atoms in total. The fraction of sp³-hybridized carbons (Fsp3) is 0.409. The van der Waals surface area contributed by atoms with Gasteiger partial charge in [-0.15, -0.1) is 10.2 Å². The normalized spacial score (nSPS) is 21.6. The van der Waals surface area contributed by atoms with Gasteiger partial charge >= 0.3 is 0 Å². The summed E-state index contributed by atoms with van der Waals surface area (Å²) in [5, 5.41) is 9.40. The summed E-state index contributed by atoms with van der Waals surface area (Å²) in [5.41, 5.74) is 2.20. The highest BCUT2D eigenvalue weighted by Crippen LogP contribution is 2.41. The fourth-order valence-corrected chi connectivity index (χ4v) is 5.74. The van der Waals surface area contributed by atoms with Gasteiger partial charge in [-0.3, -0.25) is 9.55 Å². The number of nitrogens with zero attached hydrogens (tertiary/aromatic N) is 5. The van der Waals surface area contributed by atoms with Crippen LogP contribution in [0.2, 0.25) is 5.02 Å². The van der Waals surface area contributed by atoms with E-state index in [0.29, 0.717) is 16.5 Å². The molecule has 10 heteroatoms. The number of sulfonamides is 1. The molecule has 32 heavy (non-hydrogen) atoms. The quantitative estimate of drug-likeness (QED) is 0.568. The van der Waals surface area contributed by atoms with E-state index in [0.717, 1.165) is 42.8 Å². The minimum atomic E-state index is -3.44. The van der Waals surface area contributed by atoms with Crippen LogP contribution in [0.1, 0.15) is 60.4 Å². The first-order valence-corrected chi connectivity index (χ1v) is 12.8. The molecule has 2 aliphatic rings. The van der Waals surface area contributed by atoms with Crippen molar-refractivity contribution < 1.29 is 12.8 Å². The van der Waals surface area contributed by atoms with E-state index in [4.69, 9.17) is 11.6 Å². The highest BCUT2D eigenvalue weighted by molar-refractivity contribution is 7.88. The number of hydrogen-bond donors (Lipinski definition) is 0. The van der Waals surface area contributed by atoms with Crippen molar-refractivity contribution in [2.24, 2.45) is 0 Å². The number of halogens is 2. The van der Waals surface area contributed by atoms with Gasteiger partial charge in [-0.25, -0.2) is 12.8 Å².